The van der Waals surface area contributed by atoms with Gasteiger partial charge in [0.05, 0.1) is 7.11 Å². The number of methoxy groups -OCH3 is 1. The lowest BCUT2D eigenvalue weighted by Crippen LogP contribution is -2.43. The van der Waals surface area contributed by atoms with Crippen molar-refractivity contribution < 1.29 is 14.1 Å². The van der Waals surface area contributed by atoms with Crippen molar-refractivity contribution in [2.24, 2.45) is 5.92 Å². The molecule has 1 aromatic heterocycles. The van der Waals surface area contributed by atoms with E-state index in [0.29, 0.717) is 24.9 Å². The number of carbonyl (C=O) groups is 1. The normalized spacial score (nSPS) is 14.4. The molecule has 2 heterocycles. The summed E-state index contributed by atoms with van der Waals surface area (Å²) in [6.45, 7) is 6.34. The van der Waals surface area contributed by atoms with Crippen molar-refractivity contribution in [1.29, 1.82) is 0 Å². The van der Waals surface area contributed by atoms with E-state index >= 15 is 0 Å². The molecule has 1 aliphatic heterocycles. The van der Waals surface area contributed by atoms with Gasteiger partial charge in [-0.2, -0.15) is 4.98 Å². The lowest BCUT2D eigenvalue weighted by Gasteiger charge is -2.33. The predicted octanol–water partition coefficient (Wildman–Crippen LogP) is 4.71. The first kappa shape index (κ1) is 21.9. The number of nitrogens with zero attached hydrogens (tertiary/aromatic N) is 4. The molecule has 7 nitrogen and oxygen atoms in total. The largest absolute Gasteiger partial charge is 0.497 e. The minimum Gasteiger partial charge on any atom is -0.497 e. The van der Waals surface area contributed by atoms with Crippen LogP contribution in [0.25, 0.3) is 11.4 Å². The molecule has 0 aliphatic carbocycles. The second kappa shape index (κ2) is 9.85. The van der Waals surface area contributed by atoms with Crippen molar-refractivity contribution in [3.05, 3.63) is 54.1 Å². The summed E-state index contributed by atoms with van der Waals surface area (Å²) in [6.07, 6.45) is 2.46. The summed E-state index contributed by atoms with van der Waals surface area (Å²) < 4.78 is 10.7. The molecule has 1 amide bonds. The van der Waals surface area contributed by atoms with E-state index in [1.807, 2.05) is 47.4 Å². The summed E-state index contributed by atoms with van der Waals surface area (Å²) >= 11 is 0. The molecule has 7 heteroatoms. The number of hydrogen-bond acceptors (Lipinski definition) is 6. The Morgan fingerprint density at radius 2 is 1.88 bits per heavy atom. The van der Waals surface area contributed by atoms with Crippen LogP contribution >= 0.6 is 0 Å². The van der Waals surface area contributed by atoms with E-state index in [4.69, 9.17) is 9.26 Å². The number of anilines is 2. The van der Waals surface area contributed by atoms with Crippen molar-refractivity contribution in [1.82, 2.24) is 10.1 Å². The van der Waals surface area contributed by atoms with E-state index in [2.05, 4.69) is 35.0 Å². The van der Waals surface area contributed by atoms with Crippen LogP contribution in [0.4, 0.5) is 11.7 Å². The topological polar surface area (TPSA) is 71.7 Å². The van der Waals surface area contributed by atoms with E-state index in [1.165, 1.54) is 0 Å². The van der Waals surface area contributed by atoms with Crippen LogP contribution < -0.4 is 14.5 Å². The molecule has 2 aromatic carbocycles. The van der Waals surface area contributed by atoms with Gasteiger partial charge < -0.3 is 19.1 Å². The van der Waals surface area contributed by atoms with E-state index < -0.39 is 0 Å². The number of piperidine rings is 1. The Kier molecular flexibility index (Phi) is 6.73. The van der Waals surface area contributed by atoms with Gasteiger partial charge in [0.15, 0.2) is 0 Å². The van der Waals surface area contributed by atoms with Gasteiger partial charge in [0, 0.05) is 36.8 Å². The third kappa shape index (κ3) is 4.61. The Bertz CT molecular complexity index is 1040. The standard InChI is InChI=1S/C25H30N4O3/c1-4-15-29(22-8-6-5-7-18(22)2)24(30)20-13-16-28(17-14-20)25-26-23(27-32-25)19-9-11-21(31-3)12-10-19/h5-12,20H,4,13-17H2,1-3H3. The van der Waals surface area contributed by atoms with E-state index in [-0.39, 0.29) is 11.8 Å². The van der Waals surface area contributed by atoms with E-state index in [0.717, 1.165) is 48.4 Å². The van der Waals surface area contributed by atoms with E-state index in [9.17, 15) is 4.79 Å². The zero-order valence-electron chi connectivity index (χ0n) is 19.0. The molecule has 0 spiro atoms. The summed E-state index contributed by atoms with van der Waals surface area (Å²) in [5.74, 6) is 1.55. The molecule has 0 unspecified atom stereocenters. The predicted molar refractivity (Wildman–Crippen MR) is 125 cm³/mol. The van der Waals surface area contributed by atoms with Crippen LogP contribution in [0, 0.1) is 12.8 Å². The zero-order valence-corrected chi connectivity index (χ0v) is 19.0. The molecule has 0 atom stereocenters. The SMILES string of the molecule is CCCN(C(=O)C1CCN(c2nc(-c3ccc(OC)cc3)no2)CC1)c1ccccc1C. The summed E-state index contributed by atoms with van der Waals surface area (Å²) in [5, 5.41) is 4.13. The molecular weight excluding hydrogens is 404 g/mol. The molecule has 32 heavy (non-hydrogen) atoms. The maximum Gasteiger partial charge on any atom is 0.324 e. The van der Waals surface area contributed by atoms with Gasteiger partial charge in [0.1, 0.15) is 5.75 Å². The van der Waals surface area contributed by atoms with Gasteiger partial charge in [0.25, 0.3) is 0 Å². The van der Waals surface area contributed by atoms with Crippen LogP contribution in [0.15, 0.2) is 53.1 Å². The number of hydrogen-bond donors (Lipinski definition) is 0. The number of aryl methyl sites for hydroxylation is 1. The highest BCUT2D eigenvalue weighted by Gasteiger charge is 2.31. The molecule has 3 aromatic rings. The third-order valence-electron chi connectivity index (χ3n) is 6.00. The van der Waals surface area contributed by atoms with E-state index in [1.54, 1.807) is 7.11 Å². The molecule has 0 N–H and O–H groups in total. The van der Waals surface area contributed by atoms with Crippen LogP contribution in [0.3, 0.4) is 0 Å². The van der Waals surface area contributed by atoms with Crippen LogP contribution in [0.2, 0.25) is 0 Å². The molecule has 0 saturated carbocycles. The van der Waals surface area contributed by atoms with Crippen LogP contribution in [-0.2, 0) is 4.79 Å². The molecule has 1 fully saturated rings. The lowest BCUT2D eigenvalue weighted by molar-refractivity contribution is -0.123. The van der Waals surface area contributed by atoms with Gasteiger partial charge in [-0.15, -0.1) is 0 Å². The average molecular weight is 435 g/mol. The molecule has 1 aliphatic rings. The number of carbonyl (C=O) groups excluding carboxylic acids is 1. The highest BCUT2D eigenvalue weighted by Crippen LogP contribution is 2.29. The van der Waals surface area contributed by atoms with Crippen molar-refractivity contribution >= 4 is 17.6 Å². The maximum absolute atomic E-state index is 13.4. The Hall–Kier alpha value is -3.35. The van der Waals surface area contributed by atoms with Crippen LogP contribution in [0.1, 0.15) is 31.7 Å². The van der Waals surface area contributed by atoms with Gasteiger partial charge in [-0.3, -0.25) is 4.79 Å². The zero-order chi connectivity index (χ0) is 22.5. The monoisotopic (exact) mass is 434 g/mol. The van der Waals surface area contributed by atoms with Crippen LogP contribution in [-0.4, -0.2) is 42.8 Å². The first-order valence-corrected chi connectivity index (χ1v) is 11.2. The first-order valence-electron chi connectivity index (χ1n) is 11.2. The van der Waals surface area contributed by atoms with Gasteiger partial charge in [-0.05, 0) is 62.1 Å². The summed E-state index contributed by atoms with van der Waals surface area (Å²) in [5.41, 5.74) is 3.02. The number of ether oxygens (including phenoxy) is 1. The minimum absolute atomic E-state index is 0.00128. The van der Waals surface area contributed by atoms with Crippen LogP contribution in [0.5, 0.6) is 5.75 Å². The molecular formula is C25H30N4O3. The second-order valence-electron chi connectivity index (χ2n) is 8.17. The summed E-state index contributed by atoms with van der Waals surface area (Å²) in [4.78, 5) is 22.0. The number of aromatic nitrogens is 2. The quantitative estimate of drug-likeness (QED) is 0.536. The number of amides is 1. The highest BCUT2D eigenvalue weighted by atomic mass is 16.5. The maximum atomic E-state index is 13.4. The Labute approximate surface area is 189 Å². The molecule has 0 radical (unpaired) electrons. The number of benzene rings is 2. The second-order valence-corrected chi connectivity index (χ2v) is 8.17. The molecule has 1 saturated heterocycles. The van der Waals surface area contributed by atoms with Crippen molar-refractivity contribution in [3.63, 3.8) is 0 Å². The Morgan fingerprint density at radius 3 is 2.53 bits per heavy atom. The Balaban J connectivity index is 1.41. The van der Waals surface area contributed by atoms with Crippen molar-refractivity contribution in [2.75, 3.05) is 36.5 Å². The summed E-state index contributed by atoms with van der Waals surface area (Å²) in [7, 11) is 1.64. The Morgan fingerprint density at radius 1 is 1.16 bits per heavy atom. The van der Waals surface area contributed by atoms with Gasteiger partial charge >= 0.3 is 6.01 Å². The van der Waals surface area contributed by atoms with Crippen molar-refractivity contribution in [3.8, 4) is 17.1 Å². The number of para-hydroxylation sites is 1. The fraction of sp³-hybridized carbons (Fsp3) is 0.400. The fourth-order valence-corrected chi connectivity index (χ4v) is 4.18. The molecule has 0 bridgehead atoms. The highest BCUT2D eigenvalue weighted by molar-refractivity contribution is 5.95. The number of rotatable bonds is 7. The fourth-order valence-electron chi connectivity index (χ4n) is 4.18. The molecule has 4 rings (SSSR count). The first-order chi connectivity index (χ1) is 15.6. The lowest BCUT2D eigenvalue weighted by atomic mass is 9.95. The smallest absolute Gasteiger partial charge is 0.324 e. The van der Waals surface area contributed by atoms with Crippen molar-refractivity contribution in [2.45, 2.75) is 33.1 Å². The van der Waals surface area contributed by atoms with Gasteiger partial charge in [-0.25, -0.2) is 0 Å². The molecule has 168 valence electrons. The minimum atomic E-state index is 0.00128. The third-order valence-corrected chi connectivity index (χ3v) is 6.00. The average Bonchev–Trinajstić information content (AvgIpc) is 3.33. The van der Waals surface area contributed by atoms with Gasteiger partial charge in [-0.1, -0.05) is 30.3 Å². The van der Waals surface area contributed by atoms with Gasteiger partial charge in [0.2, 0.25) is 11.7 Å². The summed E-state index contributed by atoms with van der Waals surface area (Å²) in [6, 6.07) is 16.2.